The van der Waals surface area contributed by atoms with Crippen LogP contribution in [0.3, 0.4) is 0 Å². The van der Waals surface area contributed by atoms with Crippen molar-refractivity contribution in [3.63, 3.8) is 0 Å². The molecule has 0 unspecified atom stereocenters. The number of para-hydroxylation sites is 8. The Bertz CT molecular complexity index is 4730. The van der Waals surface area contributed by atoms with Crippen molar-refractivity contribution in [3.05, 3.63) is 340 Å². The molecule has 4 aliphatic rings. The summed E-state index contributed by atoms with van der Waals surface area (Å²) in [6.07, 6.45) is 0. The molecule has 4 nitrogen and oxygen atoms in total. The van der Waals surface area contributed by atoms with Crippen LogP contribution in [0, 0.1) is 0 Å². The van der Waals surface area contributed by atoms with Gasteiger partial charge < -0.3 is 0 Å². The Morgan fingerprint density at radius 2 is 0.685 bits per heavy atom. The van der Waals surface area contributed by atoms with E-state index in [2.05, 4.69) is 359 Å². The Hall–Kier alpha value is -10.7. The summed E-state index contributed by atoms with van der Waals surface area (Å²) in [6.45, 7) is -0.235. The second-order valence-corrected chi connectivity index (χ2v) is 27.1. The average molecular weight is 1250 g/mol. The Kier molecular flexibility index (Phi) is 13.3. The SMILES string of the molecule is c1ccc(-c2cccc(-c3ccccc3)c2-c2c3c(cc4c2[Se]c2cc(N(c5ccccc5)c5ccccc5)cc5c2B4c2ccccc2N5c2ccccc2)B2c4ccccc4N(c4ccccc4)c4cc(N(c5ccccc5)c5ccccc5)cc(c42)S3)cc1. The van der Waals surface area contributed by atoms with Gasteiger partial charge in [0.05, 0.1) is 0 Å². The normalized spacial score (nSPS) is 12.8. The quantitative estimate of drug-likeness (QED) is 0.119. The van der Waals surface area contributed by atoms with Gasteiger partial charge in [-0.1, -0.05) is 0 Å². The molecule has 14 aromatic rings. The molecule has 0 aliphatic carbocycles. The first-order valence-electron chi connectivity index (χ1n) is 31.6. The summed E-state index contributed by atoms with van der Waals surface area (Å²) in [5.74, 6) is 0. The van der Waals surface area contributed by atoms with Crippen molar-refractivity contribution in [2.45, 2.75) is 9.79 Å². The number of hydrogen-bond acceptors (Lipinski definition) is 5. The molecule has 8 heteroatoms. The van der Waals surface area contributed by atoms with Gasteiger partial charge in [0.15, 0.2) is 0 Å². The molecule has 0 saturated heterocycles. The third kappa shape index (κ3) is 8.93. The number of rotatable bonds is 11. The van der Waals surface area contributed by atoms with Gasteiger partial charge in [-0.3, -0.25) is 0 Å². The van der Waals surface area contributed by atoms with Crippen LogP contribution in [0.5, 0.6) is 0 Å². The predicted octanol–water partition coefficient (Wildman–Crippen LogP) is 16.7. The van der Waals surface area contributed by atoms with E-state index in [9.17, 15) is 0 Å². The second-order valence-electron chi connectivity index (χ2n) is 23.8. The fourth-order valence-electron chi connectivity index (χ4n) is 14.9. The maximum atomic E-state index is 2.72. The van der Waals surface area contributed by atoms with Crippen LogP contribution >= 0.6 is 11.8 Å². The van der Waals surface area contributed by atoms with Gasteiger partial charge in [0.25, 0.3) is 0 Å². The van der Waals surface area contributed by atoms with E-state index in [1.165, 1.54) is 108 Å². The molecule has 0 aromatic heterocycles. The molecule has 0 N–H and O–H groups in total. The van der Waals surface area contributed by atoms with E-state index >= 15 is 0 Å². The van der Waals surface area contributed by atoms with Crippen molar-refractivity contribution < 1.29 is 0 Å². The third-order valence-corrected chi connectivity index (χ3v) is 22.4. The molecule has 4 aliphatic heterocycles. The van der Waals surface area contributed by atoms with Crippen LogP contribution < -0.4 is 61.3 Å². The van der Waals surface area contributed by atoms with E-state index in [1.54, 1.807) is 0 Å². The Labute approximate surface area is 548 Å². The summed E-state index contributed by atoms with van der Waals surface area (Å²) in [6, 6.07) is 126. The summed E-state index contributed by atoms with van der Waals surface area (Å²) < 4.78 is 2.80. The zero-order chi connectivity index (χ0) is 60.6. The van der Waals surface area contributed by atoms with Crippen molar-refractivity contribution in [3.8, 4) is 33.4 Å². The van der Waals surface area contributed by atoms with E-state index < -0.39 is 0 Å². The van der Waals surface area contributed by atoms with Crippen LogP contribution in [0.4, 0.5) is 68.2 Å². The van der Waals surface area contributed by atoms with Crippen molar-refractivity contribution in [2.24, 2.45) is 0 Å². The standard InChI is InChI=1S/C84H56B2N4SSe/c1-9-30-57(31-10-1)67-46-29-47-68(58-32-11-2-12-33-58)79(67)80-83-71(85-69-48-25-27-50-73(69)89(63-42-21-7-22-43-63)75-52-65(54-77(91-83)81(75)85)87(59-34-13-3-14-35-59)60-36-15-4-16-37-60)56-72-84(80)92-78-55-66(88(61-38-17-5-18-39-61)62-40-19-6-20-41-62)53-76-82(78)86(72)70-49-26-28-51-74(70)90(76)64-44-23-8-24-45-64/h1-56H. The predicted molar refractivity (Wildman–Crippen MR) is 393 cm³/mol. The summed E-state index contributed by atoms with van der Waals surface area (Å²) in [4.78, 5) is 12.6. The Balaban J connectivity index is 0.984. The summed E-state index contributed by atoms with van der Waals surface area (Å²) >= 11 is 1.73. The summed E-state index contributed by atoms with van der Waals surface area (Å²) in [5, 5.41) is 0. The monoisotopic (exact) mass is 1250 g/mol. The van der Waals surface area contributed by atoms with Gasteiger partial charge in [-0.2, -0.15) is 0 Å². The maximum absolute atomic E-state index is 2.72. The first-order valence-corrected chi connectivity index (χ1v) is 34.1. The van der Waals surface area contributed by atoms with Crippen LogP contribution in [0.15, 0.2) is 350 Å². The molecular formula is C84H56B2N4SSe. The Morgan fingerprint density at radius 3 is 1.15 bits per heavy atom. The van der Waals surface area contributed by atoms with Crippen LogP contribution in [0.25, 0.3) is 33.4 Å². The zero-order valence-corrected chi connectivity index (χ0v) is 52.6. The van der Waals surface area contributed by atoms with Gasteiger partial charge >= 0.3 is 553 Å². The van der Waals surface area contributed by atoms with Gasteiger partial charge in [0, 0.05) is 0 Å². The van der Waals surface area contributed by atoms with Crippen molar-refractivity contribution in [1.82, 2.24) is 0 Å². The minimum absolute atomic E-state index is 0.107. The molecule has 92 heavy (non-hydrogen) atoms. The first-order chi connectivity index (χ1) is 45.7. The van der Waals surface area contributed by atoms with Gasteiger partial charge in [0.1, 0.15) is 0 Å². The molecular weight excluding hydrogens is 1200 g/mol. The molecule has 0 atom stereocenters. The van der Waals surface area contributed by atoms with Gasteiger partial charge in [0.2, 0.25) is 0 Å². The second kappa shape index (κ2) is 22.6. The number of fused-ring (bicyclic) bond motifs is 8. The average Bonchev–Trinajstić information content (AvgIpc) is 0.691. The molecule has 14 aromatic carbocycles. The van der Waals surface area contributed by atoms with E-state index in [1.807, 2.05) is 11.8 Å². The number of benzene rings is 14. The molecule has 0 amide bonds. The first kappa shape index (κ1) is 54.2. The van der Waals surface area contributed by atoms with E-state index in [4.69, 9.17) is 0 Å². The topological polar surface area (TPSA) is 13.0 Å². The van der Waals surface area contributed by atoms with Crippen LogP contribution in [-0.4, -0.2) is 28.4 Å². The van der Waals surface area contributed by atoms with Crippen molar-refractivity contribution in [1.29, 1.82) is 0 Å². The molecule has 0 fully saturated rings. The molecule has 18 rings (SSSR count). The van der Waals surface area contributed by atoms with E-state index in [0.29, 0.717) is 0 Å². The van der Waals surface area contributed by atoms with Gasteiger partial charge in [-0.05, 0) is 0 Å². The van der Waals surface area contributed by atoms with Crippen LogP contribution in [0.1, 0.15) is 0 Å². The number of nitrogens with zero attached hydrogens (tertiary/aromatic N) is 4. The molecule has 0 spiro atoms. The summed E-state index contributed by atoms with van der Waals surface area (Å²) in [7, 11) is 0. The molecule has 0 bridgehead atoms. The number of hydrogen-bond donors (Lipinski definition) is 0. The third-order valence-electron chi connectivity index (χ3n) is 18.7. The number of anilines is 12. The molecule has 4 heterocycles. The van der Waals surface area contributed by atoms with E-state index in [0.717, 1.165) is 45.5 Å². The minimum atomic E-state index is -0.248. The van der Waals surface area contributed by atoms with Crippen LogP contribution in [0.2, 0.25) is 0 Å². The fourth-order valence-corrected chi connectivity index (χ4v) is 19.2. The van der Waals surface area contributed by atoms with Crippen LogP contribution in [-0.2, 0) is 0 Å². The summed E-state index contributed by atoms with van der Waals surface area (Å²) in [5.41, 5.74) is 29.1. The molecule has 0 radical (unpaired) electrons. The molecule has 0 saturated carbocycles. The Morgan fingerprint density at radius 1 is 0.293 bits per heavy atom. The van der Waals surface area contributed by atoms with Crippen molar-refractivity contribution >= 4 is 150 Å². The van der Waals surface area contributed by atoms with Gasteiger partial charge in [-0.25, -0.2) is 0 Å². The van der Waals surface area contributed by atoms with Crippen molar-refractivity contribution in [2.75, 3.05) is 19.6 Å². The van der Waals surface area contributed by atoms with E-state index in [-0.39, 0.29) is 28.4 Å². The van der Waals surface area contributed by atoms with Gasteiger partial charge in [-0.15, -0.1) is 0 Å². The molecule has 430 valence electrons. The zero-order valence-electron chi connectivity index (χ0n) is 50.1. The fraction of sp³-hybridized carbons (Fsp3) is 0.